The zero-order chi connectivity index (χ0) is 13.5. The number of benzene rings is 1. The standard InChI is InChI=1S/C17H24O2/c1-3-17(15-7-5-4-6-8-15)19-13-14-9-11-16(18-2)12-10-14/h3,9-12,15H,4-8,13H2,1-2H3. The Labute approximate surface area is 116 Å². The topological polar surface area (TPSA) is 18.5 Å². The highest BCUT2D eigenvalue weighted by molar-refractivity contribution is 5.26. The van der Waals surface area contributed by atoms with Crippen molar-refractivity contribution in [1.29, 1.82) is 0 Å². The highest BCUT2D eigenvalue weighted by Gasteiger charge is 2.18. The van der Waals surface area contributed by atoms with Crippen molar-refractivity contribution in [2.45, 2.75) is 45.6 Å². The molecule has 1 saturated carbocycles. The van der Waals surface area contributed by atoms with E-state index in [4.69, 9.17) is 9.47 Å². The monoisotopic (exact) mass is 260 g/mol. The third kappa shape index (κ3) is 4.02. The number of hydrogen-bond acceptors (Lipinski definition) is 2. The maximum Gasteiger partial charge on any atom is 0.118 e. The Balaban J connectivity index is 1.88. The molecule has 1 aromatic rings. The van der Waals surface area contributed by atoms with Crippen LogP contribution >= 0.6 is 0 Å². The second kappa shape index (κ2) is 7.22. The summed E-state index contributed by atoms with van der Waals surface area (Å²) in [7, 11) is 1.69. The molecule has 0 spiro atoms. The van der Waals surface area contributed by atoms with E-state index in [-0.39, 0.29) is 0 Å². The van der Waals surface area contributed by atoms with Gasteiger partial charge in [-0.2, -0.15) is 0 Å². The van der Waals surface area contributed by atoms with Gasteiger partial charge in [0.05, 0.1) is 12.9 Å². The molecule has 0 saturated heterocycles. The van der Waals surface area contributed by atoms with Crippen molar-refractivity contribution in [3.05, 3.63) is 41.7 Å². The lowest BCUT2D eigenvalue weighted by Crippen LogP contribution is -2.11. The van der Waals surface area contributed by atoms with Gasteiger partial charge in [0.15, 0.2) is 0 Å². The Hall–Kier alpha value is -1.44. The minimum Gasteiger partial charge on any atom is -0.497 e. The van der Waals surface area contributed by atoms with Crippen LogP contribution in [0, 0.1) is 5.92 Å². The summed E-state index contributed by atoms with van der Waals surface area (Å²) >= 11 is 0. The first-order valence-corrected chi connectivity index (χ1v) is 7.25. The number of rotatable bonds is 5. The van der Waals surface area contributed by atoms with Gasteiger partial charge in [-0.3, -0.25) is 0 Å². The van der Waals surface area contributed by atoms with Crippen molar-refractivity contribution in [3.63, 3.8) is 0 Å². The number of ether oxygens (including phenoxy) is 2. The molecule has 1 aromatic carbocycles. The van der Waals surface area contributed by atoms with E-state index in [0.717, 1.165) is 5.75 Å². The molecule has 0 atom stereocenters. The zero-order valence-corrected chi connectivity index (χ0v) is 12.0. The fourth-order valence-corrected chi connectivity index (χ4v) is 2.71. The zero-order valence-electron chi connectivity index (χ0n) is 12.0. The van der Waals surface area contributed by atoms with Gasteiger partial charge in [-0.15, -0.1) is 0 Å². The Morgan fingerprint density at radius 2 is 1.84 bits per heavy atom. The number of methoxy groups -OCH3 is 1. The van der Waals surface area contributed by atoms with Gasteiger partial charge in [-0.05, 0) is 43.5 Å². The van der Waals surface area contributed by atoms with Gasteiger partial charge in [0.2, 0.25) is 0 Å². The quantitative estimate of drug-likeness (QED) is 0.715. The van der Waals surface area contributed by atoms with Crippen LogP contribution in [0.25, 0.3) is 0 Å². The summed E-state index contributed by atoms with van der Waals surface area (Å²) in [5.41, 5.74) is 1.19. The molecule has 0 N–H and O–H groups in total. The fraction of sp³-hybridized carbons (Fsp3) is 0.529. The molecule has 0 radical (unpaired) electrons. The average Bonchev–Trinajstić information content (AvgIpc) is 2.49. The normalized spacial score (nSPS) is 17.3. The fourth-order valence-electron chi connectivity index (χ4n) is 2.71. The summed E-state index contributed by atoms with van der Waals surface area (Å²) in [5, 5.41) is 0. The van der Waals surface area contributed by atoms with Crippen molar-refractivity contribution in [2.24, 2.45) is 5.92 Å². The van der Waals surface area contributed by atoms with Gasteiger partial charge >= 0.3 is 0 Å². The van der Waals surface area contributed by atoms with Crippen LogP contribution in [0.4, 0.5) is 0 Å². The van der Waals surface area contributed by atoms with Gasteiger partial charge in [0.1, 0.15) is 12.4 Å². The molecule has 1 fully saturated rings. The van der Waals surface area contributed by atoms with E-state index >= 15 is 0 Å². The van der Waals surface area contributed by atoms with E-state index in [1.165, 1.54) is 43.4 Å². The molecule has 1 aliphatic rings. The lowest BCUT2D eigenvalue weighted by Gasteiger charge is -2.24. The van der Waals surface area contributed by atoms with Crippen LogP contribution < -0.4 is 4.74 Å². The summed E-state index contributed by atoms with van der Waals surface area (Å²) in [6.07, 6.45) is 8.76. The number of hydrogen-bond donors (Lipinski definition) is 0. The van der Waals surface area contributed by atoms with Gasteiger partial charge < -0.3 is 9.47 Å². The van der Waals surface area contributed by atoms with E-state index in [0.29, 0.717) is 12.5 Å². The van der Waals surface area contributed by atoms with Crippen LogP contribution in [-0.2, 0) is 11.3 Å². The van der Waals surface area contributed by atoms with Crippen molar-refractivity contribution in [3.8, 4) is 5.75 Å². The van der Waals surface area contributed by atoms with Crippen molar-refractivity contribution in [1.82, 2.24) is 0 Å². The minimum atomic E-state index is 0.636. The van der Waals surface area contributed by atoms with Crippen LogP contribution in [0.3, 0.4) is 0 Å². The number of allylic oxidation sites excluding steroid dienone is 2. The van der Waals surface area contributed by atoms with E-state index in [2.05, 4.69) is 25.1 Å². The molecule has 0 unspecified atom stereocenters. The Morgan fingerprint density at radius 3 is 2.42 bits per heavy atom. The largest absolute Gasteiger partial charge is 0.497 e. The summed E-state index contributed by atoms with van der Waals surface area (Å²) in [5.74, 6) is 2.70. The van der Waals surface area contributed by atoms with Gasteiger partial charge in [-0.25, -0.2) is 0 Å². The summed E-state index contributed by atoms with van der Waals surface area (Å²) in [4.78, 5) is 0. The summed E-state index contributed by atoms with van der Waals surface area (Å²) in [6.45, 7) is 2.73. The van der Waals surface area contributed by atoms with Crippen molar-refractivity contribution in [2.75, 3.05) is 7.11 Å². The second-order valence-corrected chi connectivity index (χ2v) is 5.16. The lowest BCUT2D eigenvalue weighted by molar-refractivity contribution is 0.148. The molecule has 104 valence electrons. The molecular weight excluding hydrogens is 236 g/mol. The minimum absolute atomic E-state index is 0.636. The van der Waals surface area contributed by atoms with Crippen molar-refractivity contribution >= 4 is 0 Å². The van der Waals surface area contributed by atoms with E-state index < -0.39 is 0 Å². The SMILES string of the molecule is CC=C(OCc1ccc(OC)cc1)C1CCCCC1. The van der Waals surface area contributed by atoms with Crippen molar-refractivity contribution < 1.29 is 9.47 Å². The molecule has 0 heterocycles. The summed E-state index contributed by atoms with van der Waals surface area (Å²) in [6, 6.07) is 8.09. The highest BCUT2D eigenvalue weighted by atomic mass is 16.5. The van der Waals surface area contributed by atoms with Crippen LogP contribution in [0.5, 0.6) is 5.75 Å². The van der Waals surface area contributed by atoms with Gasteiger partial charge in [0.25, 0.3) is 0 Å². The molecule has 0 aliphatic heterocycles. The molecule has 0 amide bonds. The molecule has 2 rings (SSSR count). The average molecular weight is 260 g/mol. The third-order valence-electron chi connectivity index (χ3n) is 3.86. The van der Waals surface area contributed by atoms with Crippen LogP contribution in [0.15, 0.2) is 36.1 Å². The molecular formula is C17H24O2. The van der Waals surface area contributed by atoms with E-state index in [1.54, 1.807) is 7.11 Å². The van der Waals surface area contributed by atoms with E-state index in [9.17, 15) is 0 Å². The highest BCUT2D eigenvalue weighted by Crippen LogP contribution is 2.30. The smallest absolute Gasteiger partial charge is 0.118 e. The molecule has 1 aliphatic carbocycles. The molecule has 0 aromatic heterocycles. The van der Waals surface area contributed by atoms with Crippen LogP contribution in [-0.4, -0.2) is 7.11 Å². The Morgan fingerprint density at radius 1 is 1.16 bits per heavy atom. The maximum atomic E-state index is 6.01. The first-order valence-electron chi connectivity index (χ1n) is 7.25. The maximum absolute atomic E-state index is 6.01. The van der Waals surface area contributed by atoms with Gasteiger partial charge in [0, 0.05) is 5.92 Å². The molecule has 0 bridgehead atoms. The molecule has 2 heteroatoms. The second-order valence-electron chi connectivity index (χ2n) is 5.16. The van der Waals surface area contributed by atoms with Gasteiger partial charge in [-0.1, -0.05) is 31.4 Å². The van der Waals surface area contributed by atoms with Crippen LogP contribution in [0.1, 0.15) is 44.6 Å². The third-order valence-corrected chi connectivity index (χ3v) is 3.86. The first-order chi connectivity index (χ1) is 9.33. The van der Waals surface area contributed by atoms with E-state index in [1.807, 2.05) is 12.1 Å². The predicted molar refractivity (Wildman–Crippen MR) is 78.1 cm³/mol. The van der Waals surface area contributed by atoms with Crippen LogP contribution in [0.2, 0.25) is 0 Å². The Bertz CT molecular complexity index is 400. The Kier molecular flexibility index (Phi) is 5.31. The predicted octanol–water partition coefficient (Wildman–Crippen LogP) is 4.70. The first kappa shape index (κ1) is 14.0. The molecule has 2 nitrogen and oxygen atoms in total. The summed E-state index contributed by atoms with van der Waals surface area (Å²) < 4.78 is 11.2. The molecule has 19 heavy (non-hydrogen) atoms. The lowest BCUT2D eigenvalue weighted by atomic mass is 9.87.